The van der Waals surface area contributed by atoms with Crippen LogP contribution in [0.2, 0.25) is 0 Å². The van der Waals surface area contributed by atoms with Gasteiger partial charge in [0, 0.05) is 30.4 Å². The maximum Gasteiger partial charge on any atom is 0.274 e. The Balaban J connectivity index is 0.00000196. The van der Waals surface area contributed by atoms with Gasteiger partial charge in [0.25, 0.3) is 5.91 Å². The first-order valence-corrected chi connectivity index (χ1v) is 9.02. The van der Waals surface area contributed by atoms with Gasteiger partial charge in [-0.3, -0.25) is 4.79 Å². The summed E-state index contributed by atoms with van der Waals surface area (Å²) in [6, 6.07) is 6.83. The first-order chi connectivity index (χ1) is 12.2. The number of nitrogens with one attached hydrogen (secondary N) is 1. The minimum atomic E-state index is -0.312. The van der Waals surface area contributed by atoms with E-state index in [9.17, 15) is 9.18 Å². The van der Waals surface area contributed by atoms with Gasteiger partial charge in [0.15, 0.2) is 5.69 Å². The lowest BCUT2D eigenvalue weighted by molar-refractivity contribution is 0.0729. The number of fused-ring (bicyclic) bond motifs is 1. The smallest absolute Gasteiger partial charge is 0.274 e. The van der Waals surface area contributed by atoms with E-state index in [1.54, 1.807) is 22.9 Å². The Kier molecular flexibility index (Phi) is 5.63. The van der Waals surface area contributed by atoms with Crippen molar-refractivity contribution >= 4 is 18.3 Å². The average molecular weight is 379 g/mol. The van der Waals surface area contributed by atoms with Crippen LogP contribution >= 0.6 is 12.4 Å². The Morgan fingerprint density at radius 2 is 2.12 bits per heavy atom. The van der Waals surface area contributed by atoms with E-state index in [4.69, 9.17) is 0 Å². The highest BCUT2D eigenvalue weighted by atomic mass is 35.5. The number of para-hydroxylation sites is 1. The number of rotatable bonds is 4. The van der Waals surface area contributed by atoms with Crippen molar-refractivity contribution in [3.63, 3.8) is 0 Å². The van der Waals surface area contributed by atoms with Crippen molar-refractivity contribution in [2.24, 2.45) is 0 Å². The van der Waals surface area contributed by atoms with Gasteiger partial charge in [-0.15, -0.1) is 12.4 Å². The van der Waals surface area contributed by atoms with Crippen LogP contribution in [0.3, 0.4) is 0 Å². The summed E-state index contributed by atoms with van der Waals surface area (Å²) >= 11 is 0. The first-order valence-electron chi connectivity index (χ1n) is 9.02. The van der Waals surface area contributed by atoms with Crippen molar-refractivity contribution in [3.8, 4) is 5.69 Å². The Labute approximate surface area is 159 Å². The van der Waals surface area contributed by atoms with E-state index in [0.29, 0.717) is 11.4 Å². The largest absolute Gasteiger partial charge is 0.333 e. The second kappa shape index (κ2) is 7.76. The molecular formula is C19H24ClFN4O. The fourth-order valence-electron chi connectivity index (χ4n) is 4.12. The molecule has 1 aliphatic carbocycles. The van der Waals surface area contributed by atoms with Crippen LogP contribution in [0.1, 0.15) is 41.0 Å². The Bertz CT molecular complexity index is 807. The number of likely N-dealkylation sites (N-methyl/N-ethyl adjacent to an activating group) is 1. The van der Waals surface area contributed by atoms with Gasteiger partial charge in [-0.1, -0.05) is 12.1 Å². The predicted octanol–water partition coefficient (Wildman–Crippen LogP) is 2.75. The first kappa shape index (κ1) is 18.9. The summed E-state index contributed by atoms with van der Waals surface area (Å²) in [4.78, 5) is 15.1. The predicted molar refractivity (Wildman–Crippen MR) is 101 cm³/mol. The van der Waals surface area contributed by atoms with E-state index >= 15 is 0 Å². The van der Waals surface area contributed by atoms with Crippen molar-refractivity contribution in [3.05, 3.63) is 47.0 Å². The fraction of sp³-hybridized carbons (Fsp3) is 0.474. The zero-order valence-electron chi connectivity index (χ0n) is 14.9. The molecule has 1 saturated heterocycles. The molecule has 26 heavy (non-hydrogen) atoms. The molecule has 2 aliphatic rings. The van der Waals surface area contributed by atoms with Crippen LogP contribution in [0, 0.1) is 5.82 Å². The lowest BCUT2D eigenvalue weighted by atomic mass is 10.1. The van der Waals surface area contributed by atoms with Crippen molar-refractivity contribution in [2.75, 3.05) is 20.1 Å². The molecule has 140 valence electrons. The van der Waals surface area contributed by atoms with Crippen LogP contribution < -0.4 is 5.32 Å². The van der Waals surface area contributed by atoms with Gasteiger partial charge in [-0.25, -0.2) is 9.07 Å². The van der Waals surface area contributed by atoms with E-state index in [1.807, 2.05) is 11.9 Å². The topological polar surface area (TPSA) is 50.2 Å². The Hall–Kier alpha value is -1.92. The molecule has 2 heterocycles. The highest BCUT2D eigenvalue weighted by Crippen LogP contribution is 2.30. The summed E-state index contributed by atoms with van der Waals surface area (Å²) < 4.78 is 15.9. The van der Waals surface area contributed by atoms with Crippen LogP contribution in [0.15, 0.2) is 24.3 Å². The normalized spacial score (nSPS) is 18.7. The molecule has 0 saturated carbocycles. The molecule has 1 atom stereocenters. The molecule has 7 heteroatoms. The van der Waals surface area contributed by atoms with Crippen LogP contribution in [-0.4, -0.2) is 46.8 Å². The second-order valence-electron chi connectivity index (χ2n) is 6.84. The van der Waals surface area contributed by atoms with Crippen molar-refractivity contribution in [2.45, 2.75) is 38.1 Å². The van der Waals surface area contributed by atoms with E-state index in [1.165, 1.54) is 6.07 Å². The Morgan fingerprint density at radius 3 is 2.88 bits per heavy atom. The molecule has 1 aromatic carbocycles. The lowest BCUT2D eigenvalue weighted by Gasteiger charge is -2.24. The van der Waals surface area contributed by atoms with Gasteiger partial charge in [-0.2, -0.15) is 5.10 Å². The van der Waals surface area contributed by atoms with Gasteiger partial charge in [-0.05, 0) is 51.3 Å². The van der Waals surface area contributed by atoms with Crippen LogP contribution in [-0.2, 0) is 12.8 Å². The number of nitrogens with zero attached hydrogens (tertiary/aromatic N) is 3. The number of halogens is 2. The van der Waals surface area contributed by atoms with Gasteiger partial charge in [0.05, 0.1) is 0 Å². The third kappa shape index (κ3) is 3.12. The quantitative estimate of drug-likeness (QED) is 0.890. The van der Waals surface area contributed by atoms with E-state index in [-0.39, 0.29) is 30.2 Å². The van der Waals surface area contributed by atoms with Crippen molar-refractivity contribution in [1.29, 1.82) is 0 Å². The molecule has 2 aromatic rings. The standard InChI is InChI=1S/C19H23FN4O.ClH/c1-21-12-13-6-5-11-23(13)19(25)18-14-7-4-10-16(14)24(22-18)17-9-3-2-8-15(17)20;/h2-3,8-9,13,21H,4-7,10-12H2,1H3;1H. The summed E-state index contributed by atoms with van der Waals surface area (Å²) in [5.41, 5.74) is 2.92. The number of carbonyl (C=O) groups is 1. The van der Waals surface area contributed by atoms with Crippen molar-refractivity contribution in [1.82, 2.24) is 20.0 Å². The second-order valence-corrected chi connectivity index (χ2v) is 6.84. The van der Waals surface area contributed by atoms with Crippen molar-refractivity contribution < 1.29 is 9.18 Å². The number of aromatic nitrogens is 2. The van der Waals surface area contributed by atoms with E-state index in [0.717, 1.165) is 56.5 Å². The van der Waals surface area contributed by atoms with Gasteiger partial charge >= 0.3 is 0 Å². The summed E-state index contributed by atoms with van der Waals surface area (Å²) in [5, 5.41) is 7.73. The monoisotopic (exact) mass is 378 g/mol. The third-order valence-electron chi connectivity index (χ3n) is 5.29. The minimum absolute atomic E-state index is 0. The summed E-state index contributed by atoms with van der Waals surface area (Å²) in [6.07, 6.45) is 4.71. The SMILES string of the molecule is CNCC1CCCN1C(=O)c1nn(-c2ccccc2F)c2c1CCC2.Cl. The molecule has 1 N–H and O–H groups in total. The number of likely N-dealkylation sites (tertiary alicyclic amines) is 1. The molecule has 1 aromatic heterocycles. The molecule has 1 amide bonds. The number of hydrogen-bond acceptors (Lipinski definition) is 3. The minimum Gasteiger partial charge on any atom is -0.333 e. The molecule has 4 rings (SSSR count). The van der Waals surface area contributed by atoms with Crippen LogP contribution in [0.5, 0.6) is 0 Å². The summed E-state index contributed by atoms with van der Waals surface area (Å²) in [7, 11) is 1.91. The highest BCUT2D eigenvalue weighted by Gasteiger charge is 2.34. The Morgan fingerprint density at radius 1 is 1.31 bits per heavy atom. The van der Waals surface area contributed by atoms with Crippen LogP contribution in [0.25, 0.3) is 5.69 Å². The molecule has 5 nitrogen and oxygen atoms in total. The summed E-state index contributed by atoms with van der Waals surface area (Å²) in [6.45, 7) is 1.56. The zero-order valence-corrected chi connectivity index (χ0v) is 15.7. The number of hydrogen-bond donors (Lipinski definition) is 1. The van der Waals surface area contributed by atoms with Gasteiger partial charge in [0.1, 0.15) is 11.5 Å². The molecule has 0 bridgehead atoms. The lowest BCUT2D eigenvalue weighted by Crippen LogP contribution is -2.41. The molecule has 0 radical (unpaired) electrons. The zero-order chi connectivity index (χ0) is 17.4. The van der Waals surface area contributed by atoms with Gasteiger partial charge < -0.3 is 10.2 Å². The number of benzene rings is 1. The highest BCUT2D eigenvalue weighted by molar-refractivity contribution is 5.94. The maximum atomic E-state index is 14.3. The third-order valence-corrected chi connectivity index (χ3v) is 5.29. The fourth-order valence-corrected chi connectivity index (χ4v) is 4.12. The number of amides is 1. The molecule has 0 spiro atoms. The maximum absolute atomic E-state index is 14.3. The molecule has 1 fully saturated rings. The number of carbonyl (C=O) groups excluding carboxylic acids is 1. The average Bonchev–Trinajstić information content (AvgIpc) is 3.31. The summed E-state index contributed by atoms with van der Waals surface area (Å²) in [5.74, 6) is -0.320. The van der Waals surface area contributed by atoms with E-state index in [2.05, 4.69) is 10.4 Å². The molecular weight excluding hydrogens is 355 g/mol. The molecule has 1 aliphatic heterocycles. The van der Waals surface area contributed by atoms with Gasteiger partial charge in [0.2, 0.25) is 0 Å². The van der Waals surface area contributed by atoms with Crippen LogP contribution in [0.4, 0.5) is 4.39 Å². The van der Waals surface area contributed by atoms with E-state index < -0.39 is 0 Å². The molecule has 1 unspecified atom stereocenters.